The Labute approximate surface area is 303 Å². The Bertz CT molecular complexity index is 2600. The number of hydrogen-bond acceptors (Lipinski definition) is 2. The van der Waals surface area contributed by atoms with E-state index in [0.29, 0.717) is 0 Å². The molecule has 0 N–H and O–H groups in total. The predicted molar refractivity (Wildman–Crippen MR) is 217 cm³/mol. The van der Waals surface area contributed by atoms with Crippen LogP contribution in [0.5, 0.6) is 0 Å². The SMILES string of the molecule is CC1(c2ccc3oc4cc(N(c5ccc(-c6ccccc6)cc5)c5ccc(-c6ccccc6)cc5)ccc4c3c2)c2ccccc2-c2ccccc21. The highest BCUT2D eigenvalue weighted by Crippen LogP contribution is 2.53. The van der Waals surface area contributed by atoms with Crippen LogP contribution in [0.4, 0.5) is 17.1 Å². The zero-order chi connectivity index (χ0) is 34.6. The van der Waals surface area contributed by atoms with Crippen LogP contribution in [0.2, 0.25) is 0 Å². The molecule has 0 radical (unpaired) electrons. The van der Waals surface area contributed by atoms with Crippen molar-refractivity contribution in [3.8, 4) is 33.4 Å². The van der Waals surface area contributed by atoms with Crippen LogP contribution in [-0.2, 0) is 5.41 Å². The molecule has 0 atom stereocenters. The maximum atomic E-state index is 6.63. The Morgan fingerprint density at radius 1 is 0.385 bits per heavy atom. The Kier molecular flexibility index (Phi) is 6.97. The van der Waals surface area contributed by atoms with E-state index in [-0.39, 0.29) is 5.41 Å². The van der Waals surface area contributed by atoms with Gasteiger partial charge in [0, 0.05) is 39.3 Å². The van der Waals surface area contributed by atoms with Crippen molar-refractivity contribution in [2.45, 2.75) is 12.3 Å². The largest absolute Gasteiger partial charge is 0.456 e. The standard InChI is InChI=1S/C50H35NO/c1-50(46-18-10-8-16-42(46)43-17-9-11-19-47(43)50)38-24-31-48-45(32-38)44-30-29-41(33-49(44)52-48)51(39-25-20-36(21-26-39)34-12-4-2-5-13-34)40-27-22-37(23-28-40)35-14-6-3-7-15-35/h2-33H,1H3. The Morgan fingerprint density at radius 3 is 1.42 bits per heavy atom. The fraction of sp³-hybridized carbons (Fsp3) is 0.0400. The third-order valence-electron chi connectivity index (χ3n) is 11.0. The Morgan fingerprint density at radius 2 is 0.865 bits per heavy atom. The van der Waals surface area contributed by atoms with Gasteiger partial charge in [-0.15, -0.1) is 0 Å². The van der Waals surface area contributed by atoms with E-state index < -0.39 is 0 Å². The lowest BCUT2D eigenvalue weighted by molar-refractivity contribution is 0.667. The summed E-state index contributed by atoms with van der Waals surface area (Å²) in [5, 5.41) is 2.25. The van der Waals surface area contributed by atoms with Gasteiger partial charge < -0.3 is 9.32 Å². The quantitative estimate of drug-likeness (QED) is 0.176. The van der Waals surface area contributed by atoms with Crippen LogP contribution >= 0.6 is 0 Å². The molecule has 1 heterocycles. The van der Waals surface area contributed by atoms with Crippen molar-refractivity contribution in [1.29, 1.82) is 0 Å². The smallest absolute Gasteiger partial charge is 0.137 e. The highest BCUT2D eigenvalue weighted by Gasteiger charge is 2.40. The minimum absolute atomic E-state index is 0.264. The zero-order valence-electron chi connectivity index (χ0n) is 28.8. The van der Waals surface area contributed by atoms with E-state index in [0.717, 1.165) is 39.0 Å². The molecule has 0 bridgehead atoms. The highest BCUT2D eigenvalue weighted by molar-refractivity contribution is 6.06. The van der Waals surface area contributed by atoms with Gasteiger partial charge in [0.1, 0.15) is 11.2 Å². The maximum absolute atomic E-state index is 6.63. The van der Waals surface area contributed by atoms with Crippen molar-refractivity contribution >= 4 is 39.0 Å². The molecule has 0 unspecified atom stereocenters. The van der Waals surface area contributed by atoms with Crippen LogP contribution in [-0.4, -0.2) is 0 Å². The molecule has 1 aromatic heterocycles. The molecule has 246 valence electrons. The molecule has 10 rings (SSSR count). The van der Waals surface area contributed by atoms with E-state index in [4.69, 9.17) is 4.42 Å². The van der Waals surface area contributed by atoms with E-state index in [2.05, 4.69) is 206 Å². The summed E-state index contributed by atoms with van der Waals surface area (Å²) >= 11 is 0. The van der Waals surface area contributed by atoms with Crippen molar-refractivity contribution < 1.29 is 4.42 Å². The summed E-state index contributed by atoms with van der Waals surface area (Å²) in [5.41, 5.74) is 16.1. The molecule has 2 nitrogen and oxygen atoms in total. The molecule has 1 aliphatic carbocycles. The van der Waals surface area contributed by atoms with Crippen LogP contribution in [0, 0.1) is 0 Å². The van der Waals surface area contributed by atoms with Gasteiger partial charge in [0.05, 0.1) is 0 Å². The summed E-state index contributed by atoms with van der Waals surface area (Å²) in [4.78, 5) is 2.31. The molecule has 52 heavy (non-hydrogen) atoms. The second kappa shape index (κ2) is 12.0. The number of anilines is 3. The van der Waals surface area contributed by atoms with Gasteiger partial charge in [-0.25, -0.2) is 0 Å². The lowest BCUT2D eigenvalue weighted by Crippen LogP contribution is -2.22. The Balaban J connectivity index is 1.08. The molecule has 8 aromatic carbocycles. The molecule has 0 aliphatic heterocycles. The van der Waals surface area contributed by atoms with Crippen molar-refractivity contribution in [2.75, 3.05) is 4.90 Å². The van der Waals surface area contributed by atoms with E-state index >= 15 is 0 Å². The molecule has 0 spiro atoms. The van der Waals surface area contributed by atoms with Crippen molar-refractivity contribution in [3.05, 3.63) is 211 Å². The van der Waals surface area contributed by atoms with E-state index in [1.165, 1.54) is 50.1 Å². The first-order chi connectivity index (χ1) is 25.6. The molecule has 2 heteroatoms. The van der Waals surface area contributed by atoms with Gasteiger partial charge in [0.2, 0.25) is 0 Å². The molecular formula is C50H35NO. The van der Waals surface area contributed by atoms with Gasteiger partial charge >= 0.3 is 0 Å². The van der Waals surface area contributed by atoms with Crippen molar-refractivity contribution in [2.24, 2.45) is 0 Å². The van der Waals surface area contributed by atoms with E-state index in [9.17, 15) is 0 Å². The highest BCUT2D eigenvalue weighted by atomic mass is 16.3. The second-order valence-corrected chi connectivity index (χ2v) is 13.9. The third-order valence-corrected chi connectivity index (χ3v) is 11.0. The van der Waals surface area contributed by atoms with Gasteiger partial charge in [0.25, 0.3) is 0 Å². The number of furan rings is 1. The van der Waals surface area contributed by atoms with Crippen LogP contribution in [0.15, 0.2) is 199 Å². The first-order valence-electron chi connectivity index (χ1n) is 17.9. The van der Waals surface area contributed by atoms with Crippen molar-refractivity contribution in [1.82, 2.24) is 0 Å². The minimum Gasteiger partial charge on any atom is -0.456 e. The Hall–Kier alpha value is -6.64. The van der Waals surface area contributed by atoms with Crippen molar-refractivity contribution in [3.63, 3.8) is 0 Å². The maximum Gasteiger partial charge on any atom is 0.137 e. The summed E-state index contributed by atoms with van der Waals surface area (Å²) in [6, 6.07) is 69.8. The fourth-order valence-electron chi connectivity index (χ4n) is 8.29. The van der Waals surface area contributed by atoms with Gasteiger partial charge in [-0.05, 0) is 106 Å². The summed E-state index contributed by atoms with van der Waals surface area (Å²) < 4.78 is 6.63. The third kappa shape index (κ3) is 4.80. The molecule has 0 saturated heterocycles. The number of nitrogens with zero attached hydrogens (tertiary/aromatic N) is 1. The van der Waals surface area contributed by atoms with Crippen LogP contribution in [0.1, 0.15) is 23.6 Å². The minimum atomic E-state index is -0.264. The zero-order valence-corrected chi connectivity index (χ0v) is 28.8. The molecular weight excluding hydrogens is 631 g/mol. The first-order valence-corrected chi connectivity index (χ1v) is 17.9. The van der Waals surface area contributed by atoms with E-state index in [1.807, 2.05) is 0 Å². The van der Waals surface area contributed by atoms with Gasteiger partial charge in [-0.2, -0.15) is 0 Å². The summed E-state index contributed by atoms with van der Waals surface area (Å²) in [5.74, 6) is 0. The van der Waals surface area contributed by atoms with Gasteiger partial charge in [-0.1, -0.05) is 140 Å². The summed E-state index contributed by atoms with van der Waals surface area (Å²) in [6.45, 7) is 2.36. The number of fused-ring (bicyclic) bond motifs is 6. The summed E-state index contributed by atoms with van der Waals surface area (Å²) in [7, 11) is 0. The average molecular weight is 666 g/mol. The number of rotatable bonds is 6. The number of benzene rings is 8. The molecule has 0 fully saturated rings. The second-order valence-electron chi connectivity index (χ2n) is 13.9. The molecule has 9 aromatic rings. The predicted octanol–water partition coefficient (Wildman–Crippen LogP) is 13.7. The normalized spacial score (nSPS) is 12.9. The first kappa shape index (κ1) is 30.2. The lowest BCUT2D eigenvalue weighted by atomic mass is 9.74. The molecule has 0 amide bonds. The van der Waals surface area contributed by atoms with Crippen LogP contribution in [0.25, 0.3) is 55.3 Å². The van der Waals surface area contributed by atoms with Crippen LogP contribution < -0.4 is 4.90 Å². The topological polar surface area (TPSA) is 16.4 Å². The van der Waals surface area contributed by atoms with Gasteiger partial charge in [-0.3, -0.25) is 0 Å². The average Bonchev–Trinajstić information content (AvgIpc) is 3.71. The molecule has 0 saturated carbocycles. The monoisotopic (exact) mass is 665 g/mol. The lowest BCUT2D eigenvalue weighted by Gasteiger charge is -2.28. The van der Waals surface area contributed by atoms with E-state index in [1.54, 1.807) is 0 Å². The van der Waals surface area contributed by atoms with Gasteiger partial charge in [0.15, 0.2) is 0 Å². The fourth-order valence-corrected chi connectivity index (χ4v) is 8.29. The molecule has 1 aliphatic rings. The number of hydrogen-bond donors (Lipinski definition) is 0. The summed E-state index contributed by atoms with van der Waals surface area (Å²) in [6.07, 6.45) is 0. The van der Waals surface area contributed by atoms with Crippen LogP contribution in [0.3, 0.4) is 0 Å².